The van der Waals surface area contributed by atoms with E-state index in [4.69, 9.17) is 27.9 Å². The fourth-order valence-corrected chi connectivity index (χ4v) is 2.01. The topological polar surface area (TPSA) is 69.9 Å². The number of aromatic nitrogens is 4. The summed E-state index contributed by atoms with van der Waals surface area (Å²) in [5.41, 5.74) is 0.729. The van der Waals surface area contributed by atoms with E-state index in [1.165, 1.54) is 4.68 Å². The molecular formula is C12H12Cl2N4O2. The highest BCUT2D eigenvalue weighted by atomic mass is 35.5. The highest BCUT2D eigenvalue weighted by molar-refractivity contribution is 6.42. The molecule has 0 spiro atoms. The second-order valence-corrected chi connectivity index (χ2v) is 5.03. The van der Waals surface area contributed by atoms with Crippen molar-refractivity contribution in [2.75, 3.05) is 0 Å². The van der Waals surface area contributed by atoms with Crippen molar-refractivity contribution in [2.24, 2.45) is 7.05 Å². The van der Waals surface area contributed by atoms with Gasteiger partial charge in [-0.3, -0.25) is 4.79 Å². The molecule has 0 saturated heterocycles. The molecule has 6 nitrogen and oxygen atoms in total. The molecule has 0 fully saturated rings. The highest BCUT2D eigenvalue weighted by Gasteiger charge is 2.17. The van der Waals surface area contributed by atoms with Crippen LogP contribution in [0.15, 0.2) is 18.2 Å². The standard InChI is InChI=1S/C12H12Cl2N4O2/c1-7(12-15-16-17-18(12)2)20-11(19)6-8-3-4-9(13)10(14)5-8/h3-5,7H,6H2,1-2H3/t7-/m1/s1. The summed E-state index contributed by atoms with van der Waals surface area (Å²) in [5.74, 6) is 0.0892. The molecule has 0 aliphatic heterocycles. The van der Waals surface area contributed by atoms with Crippen molar-refractivity contribution >= 4 is 29.2 Å². The van der Waals surface area contributed by atoms with E-state index in [2.05, 4.69) is 15.5 Å². The van der Waals surface area contributed by atoms with Gasteiger partial charge in [-0.05, 0) is 35.0 Å². The maximum absolute atomic E-state index is 11.8. The minimum atomic E-state index is -0.523. The number of carbonyl (C=O) groups is 1. The van der Waals surface area contributed by atoms with Gasteiger partial charge in [-0.15, -0.1) is 5.10 Å². The van der Waals surface area contributed by atoms with Gasteiger partial charge < -0.3 is 4.74 Å². The van der Waals surface area contributed by atoms with Gasteiger partial charge in [0, 0.05) is 7.05 Å². The molecule has 0 amide bonds. The van der Waals surface area contributed by atoms with E-state index in [0.717, 1.165) is 5.56 Å². The molecule has 0 bridgehead atoms. The number of ether oxygens (including phenoxy) is 1. The summed E-state index contributed by atoms with van der Waals surface area (Å²) in [6, 6.07) is 5.01. The molecule has 1 aromatic heterocycles. The van der Waals surface area contributed by atoms with Gasteiger partial charge in [-0.2, -0.15) is 0 Å². The Morgan fingerprint density at radius 1 is 1.40 bits per heavy atom. The Morgan fingerprint density at radius 2 is 2.15 bits per heavy atom. The molecule has 0 radical (unpaired) electrons. The molecule has 0 unspecified atom stereocenters. The van der Waals surface area contributed by atoms with E-state index in [9.17, 15) is 4.79 Å². The van der Waals surface area contributed by atoms with Crippen LogP contribution >= 0.6 is 23.2 Å². The Balaban J connectivity index is 1.99. The number of hydrogen-bond donors (Lipinski definition) is 0. The van der Waals surface area contributed by atoms with Crippen molar-refractivity contribution in [3.05, 3.63) is 39.6 Å². The van der Waals surface area contributed by atoms with Crippen molar-refractivity contribution in [2.45, 2.75) is 19.4 Å². The number of nitrogens with zero attached hydrogens (tertiary/aromatic N) is 4. The van der Waals surface area contributed by atoms with Crippen LogP contribution in [0, 0.1) is 0 Å². The summed E-state index contributed by atoms with van der Waals surface area (Å²) in [5, 5.41) is 11.8. The number of benzene rings is 1. The largest absolute Gasteiger partial charge is 0.454 e. The summed E-state index contributed by atoms with van der Waals surface area (Å²) in [7, 11) is 1.68. The van der Waals surface area contributed by atoms with Gasteiger partial charge in [0.15, 0.2) is 11.9 Å². The molecule has 1 heterocycles. The Morgan fingerprint density at radius 3 is 2.75 bits per heavy atom. The third-order valence-corrected chi connectivity index (χ3v) is 3.40. The summed E-state index contributed by atoms with van der Waals surface area (Å²) >= 11 is 11.7. The van der Waals surface area contributed by atoms with Gasteiger partial charge in [0.2, 0.25) is 0 Å². The van der Waals surface area contributed by atoms with Crippen molar-refractivity contribution in [1.82, 2.24) is 20.2 Å². The Labute approximate surface area is 125 Å². The number of hydrogen-bond acceptors (Lipinski definition) is 5. The number of aryl methyl sites for hydroxylation is 1. The van der Waals surface area contributed by atoms with Gasteiger partial charge in [-0.25, -0.2) is 4.68 Å². The highest BCUT2D eigenvalue weighted by Crippen LogP contribution is 2.23. The SMILES string of the molecule is C[C@@H](OC(=O)Cc1ccc(Cl)c(Cl)c1)c1nnnn1C. The quantitative estimate of drug-likeness (QED) is 0.810. The normalized spacial score (nSPS) is 12.2. The first kappa shape index (κ1) is 14.7. The van der Waals surface area contributed by atoms with Crippen LogP contribution < -0.4 is 0 Å². The van der Waals surface area contributed by atoms with Crippen molar-refractivity contribution in [1.29, 1.82) is 0 Å². The van der Waals surface area contributed by atoms with E-state index >= 15 is 0 Å². The number of carbonyl (C=O) groups excluding carboxylic acids is 1. The molecule has 8 heteroatoms. The Hall–Kier alpha value is -1.66. The van der Waals surface area contributed by atoms with Crippen LogP contribution in [0.1, 0.15) is 24.4 Å². The van der Waals surface area contributed by atoms with Crippen LogP contribution in [0.4, 0.5) is 0 Å². The molecule has 2 aromatic rings. The lowest BCUT2D eigenvalue weighted by molar-refractivity contribution is -0.148. The molecule has 0 aliphatic rings. The Bertz CT molecular complexity index is 630. The zero-order valence-electron chi connectivity index (χ0n) is 10.9. The summed E-state index contributed by atoms with van der Waals surface area (Å²) in [6.07, 6.45) is -0.419. The van der Waals surface area contributed by atoms with E-state index in [1.807, 2.05) is 0 Å². The number of rotatable bonds is 4. The second-order valence-electron chi connectivity index (χ2n) is 4.22. The monoisotopic (exact) mass is 314 g/mol. The van der Waals surface area contributed by atoms with Crippen LogP contribution in [-0.2, 0) is 23.0 Å². The molecule has 1 aromatic carbocycles. The van der Waals surface area contributed by atoms with Crippen LogP contribution in [0.25, 0.3) is 0 Å². The number of esters is 1. The first-order chi connectivity index (χ1) is 9.47. The third kappa shape index (κ3) is 3.46. The van der Waals surface area contributed by atoms with Crippen LogP contribution in [0.5, 0.6) is 0 Å². The van der Waals surface area contributed by atoms with Crippen LogP contribution in [0.2, 0.25) is 10.0 Å². The minimum absolute atomic E-state index is 0.104. The number of halogens is 2. The van der Waals surface area contributed by atoms with E-state index < -0.39 is 6.10 Å². The first-order valence-electron chi connectivity index (χ1n) is 5.83. The van der Waals surface area contributed by atoms with E-state index in [1.54, 1.807) is 32.2 Å². The zero-order chi connectivity index (χ0) is 14.7. The summed E-state index contributed by atoms with van der Waals surface area (Å²) in [6.45, 7) is 1.71. The van der Waals surface area contributed by atoms with Gasteiger partial charge in [-0.1, -0.05) is 29.3 Å². The fourth-order valence-electron chi connectivity index (χ4n) is 1.69. The number of tetrazole rings is 1. The van der Waals surface area contributed by atoms with E-state index in [0.29, 0.717) is 15.9 Å². The molecule has 0 saturated carbocycles. The lowest BCUT2D eigenvalue weighted by Crippen LogP contribution is -2.14. The maximum Gasteiger partial charge on any atom is 0.310 e. The summed E-state index contributed by atoms with van der Waals surface area (Å²) in [4.78, 5) is 11.8. The average Bonchev–Trinajstić information content (AvgIpc) is 2.80. The van der Waals surface area contributed by atoms with E-state index in [-0.39, 0.29) is 12.4 Å². The predicted molar refractivity (Wildman–Crippen MR) is 73.5 cm³/mol. The molecule has 0 N–H and O–H groups in total. The zero-order valence-corrected chi connectivity index (χ0v) is 12.4. The second kappa shape index (κ2) is 6.19. The lowest BCUT2D eigenvalue weighted by Gasteiger charge is -2.11. The molecule has 0 aliphatic carbocycles. The van der Waals surface area contributed by atoms with Crippen molar-refractivity contribution < 1.29 is 9.53 Å². The van der Waals surface area contributed by atoms with Crippen LogP contribution in [0.3, 0.4) is 0 Å². The smallest absolute Gasteiger partial charge is 0.310 e. The molecular weight excluding hydrogens is 303 g/mol. The average molecular weight is 315 g/mol. The van der Waals surface area contributed by atoms with Crippen LogP contribution in [-0.4, -0.2) is 26.2 Å². The van der Waals surface area contributed by atoms with Gasteiger partial charge in [0.05, 0.1) is 16.5 Å². The molecule has 1 atom stereocenters. The molecule has 20 heavy (non-hydrogen) atoms. The predicted octanol–water partition coefficient (Wildman–Crippen LogP) is 2.36. The molecule has 106 valence electrons. The van der Waals surface area contributed by atoms with Gasteiger partial charge in [0.25, 0.3) is 0 Å². The third-order valence-electron chi connectivity index (χ3n) is 2.66. The van der Waals surface area contributed by atoms with Gasteiger partial charge >= 0.3 is 5.97 Å². The molecule has 2 rings (SSSR count). The summed E-state index contributed by atoms with van der Waals surface area (Å²) < 4.78 is 6.73. The van der Waals surface area contributed by atoms with Gasteiger partial charge in [0.1, 0.15) is 0 Å². The minimum Gasteiger partial charge on any atom is -0.454 e. The lowest BCUT2D eigenvalue weighted by atomic mass is 10.1. The van der Waals surface area contributed by atoms with Crippen molar-refractivity contribution in [3.63, 3.8) is 0 Å². The Kier molecular flexibility index (Phi) is 4.57. The first-order valence-corrected chi connectivity index (χ1v) is 6.58. The van der Waals surface area contributed by atoms with Crippen molar-refractivity contribution in [3.8, 4) is 0 Å². The fraction of sp³-hybridized carbons (Fsp3) is 0.333. The maximum atomic E-state index is 11.8.